The summed E-state index contributed by atoms with van der Waals surface area (Å²) in [5.41, 5.74) is 2.25. The summed E-state index contributed by atoms with van der Waals surface area (Å²) in [5.74, 6) is -1.78. The highest BCUT2D eigenvalue weighted by atomic mass is 79.9. The van der Waals surface area contributed by atoms with Gasteiger partial charge in [0, 0.05) is 17.1 Å². The summed E-state index contributed by atoms with van der Waals surface area (Å²) >= 11 is 3.44. The topological polar surface area (TPSA) is 20.3 Å². The lowest BCUT2D eigenvalue weighted by atomic mass is 10.0. The molecule has 0 saturated heterocycles. The Bertz CT molecular complexity index is 499. The fourth-order valence-corrected chi connectivity index (χ4v) is 2.64. The van der Waals surface area contributed by atoms with Gasteiger partial charge in [-0.05, 0) is 30.0 Å². The summed E-state index contributed by atoms with van der Waals surface area (Å²) < 4.78 is 37.3. The number of hydrogen-bond donors (Lipinski definition) is 0. The minimum atomic E-state index is -4.81. The number of fused-ring (bicyclic) bond motifs is 1. The Hall–Kier alpha value is -1.04. The second kappa shape index (κ2) is 5.15. The van der Waals surface area contributed by atoms with Crippen LogP contribution in [0.15, 0.2) is 18.2 Å². The molecule has 0 aliphatic carbocycles. The van der Waals surface area contributed by atoms with E-state index < -0.39 is 12.1 Å². The van der Waals surface area contributed by atoms with Crippen LogP contribution in [0.2, 0.25) is 0 Å². The van der Waals surface area contributed by atoms with Crippen LogP contribution in [0.3, 0.4) is 0 Å². The van der Waals surface area contributed by atoms with Crippen LogP contribution in [0, 0.1) is 0 Å². The van der Waals surface area contributed by atoms with Gasteiger partial charge in [-0.2, -0.15) is 13.2 Å². The van der Waals surface area contributed by atoms with Crippen molar-refractivity contribution in [3.05, 3.63) is 29.3 Å². The standard InChI is InChI=1S/C13H13BrF3NO/c1-8(14)6-9-2-3-11-10(7-9)4-5-18(11)12(19)13(15,16)17/h2-3,7-8H,4-6H2,1H3. The van der Waals surface area contributed by atoms with Crippen molar-refractivity contribution in [1.82, 2.24) is 0 Å². The monoisotopic (exact) mass is 335 g/mol. The summed E-state index contributed by atoms with van der Waals surface area (Å²) in [6, 6.07) is 5.27. The molecule has 2 rings (SSSR count). The van der Waals surface area contributed by atoms with E-state index >= 15 is 0 Å². The number of carbonyl (C=O) groups is 1. The fourth-order valence-electron chi connectivity index (χ4n) is 2.27. The van der Waals surface area contributed by atoms with Gasteiger partial charge in [-0.3, -0.25) is 4.79 Å². The minimum Gasteiger partial charge on any atom is -0.304 e. The third-order valence-electron chi connectivity index (χ3n) is 3.04. The molecule has 1 aromatic carbocycles. The first kappa shape index (κ1) is 14.4. The number of hydrogen-bond acceptors (Lipinski definition) is 1. The van der Waals surface area contributed by atoms with Crippen LogP contribution < -0.4 is 4.90 Å². The SMILES string of the molecule is CC(Br)Cc1ccc2c(c1)CCN2C(=O)C(F)(F)F. The minimum absolute atomic E-state index is 0.0982. The molecule has 0 N–H and O–H groups in total. The van der Waals surface area contributed by atoms with Crippen LogP contribution in [0.1, 0.15) is 18.1 Å². The Morgan fingerprint density at radius 2 is 2.16 bits per heavy atom. The zero-order valence-electron chi connectivity index (χ0n) is 10.3. The van der Waals surface area contributed by atoms with E-state index in [9.17, 15) is 18.0 Å². The predicted molar refractivity (Wildman–Crippen MR) is 70.6 cm³/mol. The molecular weight excluding hydrogens is 323 g/mol. The molecular formula is C13H13BrF3NO. The number of amides is 1. The van der Waals surface area contributed by atoms with Crippen LogP contribution in [-0.4, -0.2) is 23.5 Å². The average Bonchev–Trinajstić information content (AvgIpc) is 2.68. The van der Waals surface area contributed by atoms with Gasteiger partial charge in [0.15, 0.2) is 0 Å². The number of alkyl halides is 4. The van der Waals surface area contributed by atoms with Crippen molar-refractivity contribution >= 4 is 27.5 Å². The van der Waals surface area contributed by atoms with E-state index in [2.05, 4.69) is 15.9 Å². The Morgan fingerprint density at radius 3 is 2.74 bits per heavy atom. The molecule has 0 fully saturated rings. The van der Waals surface area contributed by atoms with Gasteiger partial charge in [-0.15, -0.1) is 0 Å². The highest BCUT2D eigenvalue weighted by molar-refractivity contribution is 9.09. The lowest BCUT2D eigenvalue weighted by Crippen LogP contribution is -2.40. The molecule has 0 radical (unpaired) electrons. The van der Waals surface area contributed by atoms with Gasteiger partial charge >= 0.3 is 12.1 Å². The molecule has 0 saturated carbocycles. The van der Waals surface area contributed by atoms with E-state index in [1.165, 1.54) is 0 Å². The first-order valence-electron chi connectivity index (χ1n) is 5.93. The lowest BCUT2D eigenvalue weighted by Gasteiger charge is -2.19. The van der Waals surface area contributed by atoms with Crippen LogP contribution >= 0.6 is 15.9 Å². The second-order valence-electron chi connectivity index (χ2n) is 4.65. The molecule has 1 amide bonds. The van der Waals surface area contributed by atoms with E-state index in [-0.39, 0.29) is 6.54 Å². The molecule has 1 unspecified atom stereocenters. The van der Waals surface area contributed by atoms with Gasteiger partial charge in [-0.25, -0.2) is 0 Å². The largest absolute Gasteiger partial charge is 0.471 e. The number of rotatable bonds is 2. The van der Waals surface area contributed by atoms with E-state index in [0.717, 1.165) is 22.4 Å². The Morgan fingerprint density at radius 1 is 1.47 bits per heavy atom. The Labute approximate surface area is 117 Å². The molecule has 1 aliphatic rings. The maximum absolute atomic E-state index is 12.4. The third kappa shape index (κ3) is 3.11. The van der Waals surface area contributed by atoms with E-state index in [1.807, 2.05) is 13.0 Å². The van der Waals surface area contributed by atoms with Crippen molar-refractivity contribution in [2.75, 3.05) is 11.4 Å². The summed E-state index contributed by atoms with van der Waals surface area (Å²) in [7, 11) is 0. The average molecular weight is 336 g/mol. The molecule has 2 nitrogen and oxygen atoms in total. The summed E-state index contributed by atoms with van der Waals surface area (Å²) in [4.78, 5) is 12.4. The molecule has 0 aromatic heterocycles. The molecule has 1 aromatic rings. The molecule has 1 aliphatic heterocycles. The molecule has 1 heterocycles. The van der Waals surface area contributed by atoms with Gasteiger partial charge in [0.05, 0.1) is 0 Å². The number of anilines is 1. The maximum Gasteiger partial charge on any atom is 0.471 e. The predicted octanol–water partition coefficient (Wildman–Crippen LogP) is 3.46. The van der Waals surface area contributed by atoms with Crippen molar-refractivity contribution in [2.45, 2.75) is 30.8 Å². The smallest absolute Gasteiger partial charge is 0.304 e. The van der Waals surface area contributed by atoms with Crippen LogP contribution in [0.5, 0.6) is 0 Å². The van der Waals surface area contributed by atoms with Crippen LogP contribution in [0.4, 0.5) is 18.9 Å². The van der Waals surface area contributed by atoms with E-state index in [1.54, 1.807) is 12.1 Å². The molecule has 0 bridgehead atoms. The van der Waals surface area contributed by atoms with Crippen LogP contribution in [0.25, 0.3) is 0 Å². The quantitative estimate of drug-likeness (QED) is 0.758. The van der Waals surface area contributed by atoms with Crippen molar-refractivity contribution in [2.24, 2.45) is 0 Å². The zero-order chi connectivity index (χ0) is 14.2. The number of halogens is 4. The Kier molecular flexibility index (Phi) is 3.90. The number of carbonyl (C=O) groups excluding carboxylic acids is 1. The van der Waals surface area contributed by atoms with E-state index in [0.29, 0.717) is 16.9 Å². The summed E-state index contributed by atoms with van der Waals surface area (Å²) in [5, 5.41) is 0. The van der Waals surface area contributed by atoms with Crippen LogP contribution in [-0.2, 0) is 17.6 Å². The zero-order valence-corrected chi connectivity index (χ0v) is 11.9. The summed E-state index contributed by atoms with van der Waals surface area (Å²) in [6.45, 7) is 2.10. The van der Waals surface area contributed by atoms with Gasteiger partial charge < -0.3 is 4.90 Å². The molecule has 0 spiro atoms. The Balaban J connectivity index is 2.25. The summed E-state index contributed by atoms with van der Waals surface area (Å²) in [6.07, 6.45) is -3.53. The fraction of sp³-hybridized carbons (Fsp3) is 0.462. The molecule has 19 heavy (non-hydrogen) atoms. The van der Waals surface area contributed by atoms with Gasteiger partial charge in [0.2, 0.25) is 0 Å². The molecule has 6 heteroatoms. The maximum atomic E-state index is 12.4. The molecule has 1 atom stereocenters. The highest BCUT2D eigenvalue weighted by Crippen LogP contribution is 2.32. The van der Waals surface area contributed by atoms with Crippen molar-refractivity contribution in [3.8, 4) is 0 Å². The number of benzene rings is 1. The van der Waals surface area contributed by atoms with Gasteiger partial charge in [0.25, 0.3) is 0 Å². The third-order valence-corrected chi connectivity index (χ3v) is 3.37. The first-order chi connectivity index (χ1) is 8.79. The van der Waals surface area contributed by atoms with Crippen molar-refractivity contribution in [1.29, 1.82) is 0 Å². The first-order valence-corrected chi connectivity index (χ1v) is 6.85. The van der Waals surface area contributed by atoms with Crippen molar-refractivity contribution in [3.63, 3.8) is 0 Å². The second-order valence-corrected chi connectivity index (χ2v) is 6.22. The lowest BCUT2D eigenvalue weighted by molar-refractivity contribution is -0.170. The number of nitrogens with zero attached hydrogens (tertiary/aromatic N) is 1. The van der Waals surface area contributed by atoms with Gasteiger partial charge in [0.1, 0.15) is 0 Å². The van der Waals surface area contributed by atoms with Crippen molar-refractivity contribution < 1.29 is 18.0 Å². The van der Waals surface area contributed by atoms with E-state index in [4.69, 9.17) is 0 Å². The molecule has 104 valence electrons. The van der Waals surface area contributed by atoms with Gasteiger partial charge in [-0.1, -0.05) is 35.0 Å². The normalized spacial score (nSPS) is 16.4. The highest BCUT2D eigenvalue weighted by Gasteiger charge is 2.44.